The Kier molecular flexibility index (Phi) is 2.06. The van der Waals surface area contributed by atoms with Crippen LogP contribution >= 0.6 is 11.8 Å². The van der Waals surface area contributed by atoms with Crippen molar-refractivity contribution >= 4 is 17.4 Å². The van der Waals surface area contributed by atoms with Gasteiger partial charge in [0.15, 0.2) is 0 Å². The first kappa shape index (κ1) is 7.71. The zero-order chi connectivity index (χ0) is 8.39. The summed E-state index contributed by atoms with van der Waals surface area (Å²) in [6.45, 7) is -0.147. The van der Waals surface area contributed by atoms with Crippen molar-refractivity contribution in [1.29, 1.82) is 0 Å². The van der Waals surface area contributed by atoms with Crippen LogP contribution in [0.4, 0.5) is 5.69 Å². The van der Waals surface area contributed by atoms with E-state index in [1.807, 2.05) is 24.3 Å². The summed E-state index contributed by atoms with van der Waals surface area (Å²) in [7, 11) is 0. The number of anilines is 1. The van der Waals surface area contributed by atoms with Crippen LogP contribution in [-0.4, -0.2) is 6.61 Å². The first-order valence-corrected chi connectivity index (χ1v) is 4.52. The Balaban J connectivity index is 2.31. The molecule has 0 unspecified atom stereocenters. The van der Waals surface area contributed by atoms with Gasteiger partial charge >= 0.3 is 0 Å². The van der Waals surface area contributed by atoms with Crippen LogP contribution in [0.25, 0.3) is 0 Å². The molecule has 0 aliphatic carbocycles. The second-order valence-electron chi connectivity index (χ2n) is 2.50. The minimum atomic E-state index is -0.147. The zero-order valence-electron chi connectivity index (χ0n) is 6.41. The average Bonchev–Trinajstić information content (AvgIpc) is 2.17. The second kappa shape index (κ2) is 3.21. The molecule has 1 N–H and O–H groups in total. The molecule has 1 heterocycles. The molecule has 0 aromatic heterocycles. The minimum absolute atomic E-state index is 0.147. The Morgan fingerprint density at radius 3 is 3.00 bits per heavy atom. The lowest BCUT2D eigenvalue weighted by Gasteiger charge is -2.15. The molecule has 3 heteroatoms. The van der Waals surface area contributed by atoms with Gasteiger partial charge in [-0.05, 0) is 12.1 Å². The van der Waals surface area contributed by atoms with Crippen LogP contribution in [0.5, 0.6) is 0 Å². The maximum atomic E-state index is 10.6. The highest BCUT2D eigenvalue weighted by Gasteiger charge is 2.09. The van der Waals surface area contributed by atoms with Crippen LogP contribution in [0, 0.1) is 0 Å². The SMILES string of the molecule is [O]CC1=CNc2ccccc2S1. The molecule has 0 saturated heterocycles. The third-order valence-corrected chi connectivity index (χ3v) is 2.73. The van der Waals surface area contributed by atoms with Gasteiger partial charge in [0.1, 0.15) is 6.61 Å². The van der Waals surface area contributed by atoms with Crippen molar-refractivity contribution in [2.45, 2.75) is 4.90 Å². The smallest absolute Gasteiger partial charge is 0.115 e. The maximum absolute atomic E-state index is 10.6. The summed E-state index contributed by atoms with van der Waals surface area (Å²) in [4.78, 5) is 1.97. The van der Waals surface area contributed by atoms with Crippen molar-refractivity contribution in [3.63, 3.8) is 0 Å². The zero-order valence-corrected chi connectivity index (χ0v) is 7.23. The van der Waals surface area contributed by atoms with Crippen molar-refractivity contribution in [3.05, 3.63) is 35.4 Å². The molecule has 0 saturated carbocycles. The van der Waals surface area contributed by atoms with E-state index in [0.29, 0.717) is 0 Å². The molecule has 1 radical (unpaired) electrons. The van der Waals surface area contributed by atoms with E-state index in [1.165, 1.54) is 0 Å². The van der Waals surface area contributed by atoms with Gasteiger partial charge in [-0.15, -0.1) is 0 Å². The van der Waals surface area contributed by atoms with Crippen LogP contribution in [0.3, 0.4) is 0 Å². The molecule has 1 aliphatic heterocycles. The molecule has 61 valence electrons. The van der Waals surface area contributed by atoms with Crippen LogP contribution in [0.15, 0.2) is 40.3 Å². The number of fused-ring (bicyclic) bond motifs is 1. The van der Waals surface area contributed by atoms with E-state index in [1.54, 1.807) is 18.0 Å². The Morgan fingerprint density at radius 1 is 1.33 bits per heavy atom. The Hall–Kier alpha value is -0.930. The Bertz CT molecular complexity index is 322. The first-order valence-electron chi connectivity index (χ1n) is 3.71. The Labute approximate surface area is 75.3 Å². The van der Waals surface area contributed by atoms with Crippen molar-refractivity contribution in [3.8, 4) is 0 Å². The molecule has 0 amide bonds. The summed E-state index contributed by atoms with van der Waals surface area (Å²) in [5.74, 6) is 0. The molecule has 0 spiro atoms. The summed E-state index contributed by atoms with van der Waals surface area (Å²) in [5, 5.41) is 13.6. The van der Waals surface area contributed by atoms with Crippen LogP contribution in [0.1, 0.15) is 0 Å². The fourth-order valence-corrected chi connectivity index (χ4v) is 1.92. The predicted molar refractivity (Wildman–Crippen MR) is 49.6 cm³/mol. The molecular weight excluding hydrogens is 170 g/mol. The van der Waals surface area contributed by atoms with E-state index >= 15 is 0 Å². The maximum Gasteiger partial charge on any atom is 0.115 e. The summed E-state index contributed by atoms with van der Waals surface area (Å²) in [6, 6.07) is 7.96. The minimum Gasteiger partial charge on any atom is -0.360 e. The van der Waals surface area contributed by atoms with Crippen molar-refractivity contribution in [2.75, 3.05) is 11.9 Å². The highest BCUT2D eigenvalue weighted by molar-refractivity contribution is 8.03. The van der Waals surface area contributed by atoms with Crippen LogP contribution in [-0.2, 0) is 5.11 Å². The lowest BCUT2D eigenvalue weighted by molar-refractivity contribution is 0.229. The van der Waals surface area contributed by atoms with Gasteiger partial charge in [-0.25, -0.2) is 5.11 Å². The molecule has 0 atom stereocenters. The van der Waals surface area contributed by atoms with Gasteiger partial charge in [0.25, 0.3) is 0 Å². The first-order chi connectivity index (χ1) is 5.90. The number of rotatable bonds is 1. The lowest BCUT2D eigenvalue weighted by atomic mass is 10.3. The molecule has 0 bridgehead atoms. The number of nitrogens with one attached hydrogen (secondary N) is 1. The van der Waals surface area contributed by atoms with E-state index in [4.69, 9.17) is 0 Å². The normalized spacial score (nSPS) is 14.6. The summed E-state index contributed by atoms with van der Waals surface area (Å²) in [6.07, 6.45) is 1.78. The molecule has 1 aromatic carbocycles. The molecule has 1 aliphatic rings. The fraction of sp³-hybridized carbons (Fsp3) is 0.111. The highest BCUT2D eigenvalue weighted by atomic mass is 32.2. The van der Waals surface area contributed by atoms with Gasteiger partial charge in [0.2, 0.25) is 0 Å². The standard InChI is InChI=1S/C9H8NOS/c11-6-7-5-10-8-3-1-2-4-9(8)12-7/h1-5,10H,6H2. The van der Waals surface area contributed by atoms with E-state index < -0.39 is 0 Å². The average molecular weight is 178 g/mol. The number of hydrogen-bond acceptors (Lipinski definition) is 2. The lowest BCUT2D eigenvalue weighted by Crippen LogP contribution is -1.99. The van der Waals surface area contributed by atoms with Gasteiger partial charge in [0.05, 0.1) is 5.69 Å². The highest BCUT2D eigenvalue weighted by Crippen LogP contribution is 2.35. The van der Waals surface area contributed by atoms with Crippen LogP contribution in [0.2, 0.25) is 0 Å². The molecule has 0 fully saturated rings. The van der Waals surface area contributed by atoms with E-state index in [9.17, 15) is 5.11 Å². The number of hydrogen-bond donors (Lipinski definition) is 1. The summed E-state index contributed by atoms with van der Waals surface area (Å²) in [5.41, 5.74) is 1.08. The fourth-order valence-electron chi connectivity index (χ4n) is 1.07. The van der Waals surface area contributed by atoms with Gasteiger partial charge in [-0.2, -0.15) is 0 Å². The Morgan fingerprint density at radius 2 is 2.17 bits per heavy atom. The van der Waals surface area contributed by atoms with Crippen molar-refractivity contribution in [1.82, 2.24) is 0 Å². The molecular formula is C9H8NOS. The van der Waals surface area contributed by atoms with Gasteiger partial charge in [-0.1, -0.05) is 23.9 Å². The van der Waals surface area contributed by atoms with Crippen molar-refractivity contribution < 1.29 is 5.11 Å². The number of benzene rings is 1. The molecule has 2 nitrogen and oxygen atoms in total. The number of para-hydroxylation sites is 1. The topological polar surface area (TPSA) is 31.9 Å². The molecule has 1 aromatic rings. The molecule has 2 rings (SSSR count). The van der Waals surface area contributed by atoms with E-state index in [2.05, 4.69) is 5.32 Å². The monoisotopic (exact) mass is 178 g/mol. The third kappa shape index (κ3) is 1.33. The molecule has 12 heavy (non-hydrogen) atoms. The number of thioether (sulfide) groups is 1. The van der Waals surface area contributed by atoms with E-state index in [-0.39, 0.29) is 6.61 Å². The van der Waals surface area contributed by atoms with Gasteiger partial charge in [-0.3, -0.25) is 0 Å². The van der Waals surface area contributed by atoms with Gasteiger partial charge in [0, 0.05) is 16.0 Å². The van der Waals surface area contributed by atoms with E-state index in [0.717, 1.165) is 15.5 Å². The quantitative estimate of drug-likeness (QED) is 0.716. The van der Waals surface area contributed by atoms with Crippen molar-refractivity contribution in [2.24, 2.45) is 0 Å². The predicted octanol–water partition coefficient (Wildman–Crippen LogP) is 2.48. The summed E-state index contributed by atoms with van der Waals surface area (Å²) < 4.78 is 0. The largest absolute Gasteiger partial charge is 0.360 e. The van der Waals surface area contributed by atoms with Gasteiger partial charge < -0.3 is 5.32 Å². The summed E-state index contributed by atoms with van der Waals surface area (Å²) >= 11 is 1.54. The second-order valence-corrected chi connectivity index (χ2v) is 3.67. The third-order valence-electron chi connectivity index (χ3n) is 1.66. The van der Waals surface area contributed by atoms with Crippen LogP contribution < -0.4 is 5.32 Å².